The molecular weight excluding hydrogens is 230 g/mol. The molecular formula is C14H27NO3. The zero-order valence-corrected chi connectivity index (χ0v) is 11.7. The summed E-state index contributed by atoms with van der Waals surface area (Å²) >= 11 is 0. The highest BCUT2D eigenvalue weighted by molar-refractivity contribution is 5.79. The van der Waals surface area contributed by atoms with Crippen LogP contribution in [0, 0.1) is 11.8 Å². The van der Waals surface area contributed by atoms with Crippen LogP contribution < -0.4 is 5.32 Å². The average molecular weight is 257 g/mol. The average Bonchev–Trinajstić information content (AvgIpc) is 2.84. The predicted octanol–water partition coefficient (Wildman–Crippen LogP) is 1.72. The smallest absolute Gasteiger partial charge is 0.225 e. The second kappa shape index (κ2) is 8.48. The van der Waals surface area contributed by atoms with Crippen molar-refractivity contribution in [3.05, 3.63) is 0 Å². The van der Waals surface area contributed by atoms with E-state index in [-0.39, 0.29) is 24.5 Å². The summed E-state index contributed by atoms with van der Waals surface area (Å²) in [7, 11) is 0. The van der Waals surface area contributed by atoms with E-state index in [0.717, 1.165) is 32.1 Å². The molecule has 1 saturated heterocycles. The quantitative estimate of drug-likeness (QED) is 0.696. The van der Waals surface area contributed by atoms with E-state index >= 15 is 0 Å². The molecule has 106 valence electrons. The van der Waals surface area contributed by atoms with Gasteiger partial charge in [-0.3, -0.25) is 4.79 Å². The van der Waals surface area contributed by atoms with Crippen molar-refractivity contribution < 1.29 is 14.6 Å². The van der Waals surface area contributed by atoms with Crippen molar-refractivity contribution in [2.45, 2.75) is 52.1 Å². The van der Waals surface area contributed by atoms with Gasteiger partial charge < -0.3 is 15.2 Å². The molecule has 1 aliphatic heterocycles. The summed E-state index contributed by atoms with van der Waals surface area (Å²) in [5.41, 5.74) is 0. The lowest BCUT2D eigenvalue weighted by Gasteiger charge is -2.20. The fraction of sp³-hybridized carbons (Fsp3) is 0.929. The molecule has 0 aromatic carbocycles. The van der Waals surface area contributed by atoms with E-state index in [1.165, 1.54) is 0 Å². The van der Waals surface area contributed by atoms with Crippen LogP contribution in [0.5, 0.6) is 0 Å². The summed E-state index contributed by atoms with van der Waals surface area (Å²) in [6, 6.07) is 0. The van der Waals surface area contributed by atoms with Gasteiger partial charge in [-0.05, 0) is 31.6 Å². The molecule has 1 heterocycles. The Morgan fingerprint density at radius 2 is 2.22 bits per heavy atom. The fourth-order valence-electron chi connectivity index (χ4n) is 2.67. The zero-order valence-electron chi connectivity index (χ0n) is 11.7. The first-order valence-electron chi connectivity index (χ1n) is 7.23. The molecule has 3 atom stereocenters. The molecule has 0 saturated carbocycles. The van der Waals surface area contributed by atoms with Crippen LogP contribution in [0.15, 0.2) is 0 Å². The van der Waals surface area contributed by atoms with Gasteiger partial charge in [-0.2, -0.15) is 0 Å². The molecule has 0 radical (unpaired) electrons. The van der Waals surface area contributed by atoms with Crippen molar-refractivity contribution in [3.8, 4) is 0 Å². The molecule has 2 N–H and O–H groups in total. The van der Waals surface area contributed by atoms with Gasteiger partial charge in [-0.15, -0.1) is 0 Å². The number of carbonyl (C=O) groups excluding carboxylic acids is 1. The van der Waals surface area contributed by atoms with Crippen LogP contribution in [0.25, 0.3) is 0 Å². The molecule has 4 heteroatoms. The Kier molecular flexibility index (Phi) is 7.28. The lowest BCUT2D eigenvalue weighted by atomic mass is 9.97. The highest BCUT2D eigenvalue weighted by Crippen LogP contribution is 2.23. The molecule has 0 aliphatic carbocycles. The van der Waals surface area contributed by atoms with Crippen LogP contribution in [0.3, 0.4) is 0 Å². The Morgan fingerprint density at radius 1 is 1.44 bits per heavy atom. The third-order valence-corrected chi connectivity index (χ3v) is 3.75. The first-order chi connectivity index (χ1) is 8.72. The Labute approximate surface area is 110 Å². The monoisotopic (exact) mass is 257 g/mol. The third kappa shape index (κ3) is 4.58. The molecule has 1 rings (SSSR count). The second-order valence-corrected chi connectivity index (χ2v) is 5.12. The maximum Gasteiger partial charge on any atom is 0.225 e. The van der Waals surface area contributed by atoms with Gasteiger partial charge in [0.25, 0.3) is 0 Å². The van der Waals surface area contributed by atoms with Gasteiger partial charge in [0.05, 0.1) is 12.0 Å². The minimum absolute atomic E-state index is 0.0198. The number of hydrogen-bond donors (Lipinski definition) is 2. The fourth-order valence-corrected chi connectivity index (χ4v) is 2.67. The number of aliphatic hydroxyl groups excluding tert-OH is 1. The van der Waals surface area contributed by atoms with E-state index < -0.39 is 0 Å². The first kappa shape index (κ1) is 15.4. The van der Waals surface area contributed by atoms with E-state index in [1.807, 2.05) is 0 Å². The van der Waals surface area contributed by atoms with Gasteiger partial charge in [-0.1, -0.05) is 20.3 Å². The summed E-state index contributed by atoms with van der Waals surface area (Å²) in [5.74, 6) is 0.538. The van der Waals surface area contributed by atoms with E-state index in [2.05, 4.69) is 19.2 Å². The van der Waals surface area contributed by atoms with E-state index in [0.29, 0.717) is 19.1 Å². The Balaban J connectivity index is 2.34. The van der Waals surface area contributed by atoms with Gasteiger partial charge in [0.2, 0.25) is 5.91 Å². The number of carbonyl (C=O) groups is 1. The highest BCUT2D eigenvalue weighted by Gasteiger charge is 2.32. The summed E-state index contributed by atoms with van der Waals surface area (Å²) in [6.45, 7) is 5.77. The van der Waals surface area contributed by atoms with E-state index in [4.69, 9.17) is 9.84 Å². The lowest BCUT2D eigenvalue weighted by molar-refractivity contribution is -0.126. The molecule has 1 fully saturated rings. The van der Waals surface area contributed by atoms with Crippen molar-refractivity contribution >= 4 is 5.91 Å². The van der Waals surface area contributed by atoms with Crippen molar-refractivity contribution in [1.29, 1.82) is 0 Å². The molecule has 1 amide bonds. The van der Waals surface area contributed by atoms with Crippen LogP contribution in [-0.4, -0.2) is 36.9 Å². The Hall–Kier alpha value is -0.610. The minimum atomic E-state index is 0.0198. The van der Waals surface area contributed by atoms with Crippen LogP contribution in [0.4, 0.5) is 0 Å². The van der Waals surface area contributed by atoms with Crippen molar-refractivity contribution in [1.82, 2.24) is 5.32 Å². The molecule has 3 unspecified atom stereocenters. The number of amides is 1. The topological polar surface area (TPSA) is 58.6 Å². The van der Waals surface area contributed by atoms with Crippen LogP contribution in [0.2, 0.25) is 0 Å². The maximum atomic E-state index is 12.1. The summed E-state index contributed by atoms with van der Waals surface area (Å²) in [5, 5.41) is 12.0. The Bertz CT molecular complexity index is 239. The van der Waals surface area contributed by atoms with Crippen LogP contribution in [0.1, 0.15) is 46.0 Å². The number of rotatable bonds is 8. The molecule has 0 bridgehead atoms. The first-order valence-corrected chi connectivity index (χ1v) is 7.23. The summed E-state index contributed by atoms with van der Waals surface area (Å²) in [4.78, 5) is 12.1. The van der Waals surface area contributed by atoms with Crippen molar-refractivity contribution in [2.75, 3.05) is 19.8 Å². The normalized spacial score (nSPS) is 25.1. The van der Waals surface area contributed by atoms with E-state index in [1.54, 1.807) is 0 Å². The SMILES string of the molecule is CCCC(CCO)CNC(=O)C1CCOC1CC. The van der Waals surface area contributed by atoms with Crippen LogP contribution in [-0.2, 0) is 9.53 Å². The van der Waals surface area contributed by atoms with Gasteiger partial charge in [0.1, 0.15) is 0 Å². The number of hydrogen-bond acceptors (Lipinski definition) is 3. The van der Waals surface area contributed by atoms with Gasteiger partial charge in [0, 0.05) is 19.8 Å². The minimum Gasteiger partial charge on any atom is -0.396 e. The standard InChI is InChI=1S/C14H27NO3/c1-3-5-11(6-8-16)10-15-14(17)12-7-9-18-13(12)4-2/h11-13,16H,3-10H2,1-2H3,(H,15,17). The number of nitrogens with one attached hydrogen (secondary N) is 1. The summed E-state index contributed by atoms with van der Waals surface area (Å²) < 4.78 is 5.54. The van der Waals surface area contributed by atoms with Gasteiger partial charge in [0.15, 0.2) is 0 Å². The van der Waals surface area contributed by atoms with Crippen LogP contribution >= 0.6 is 0 Å². The number of ether oxygens (including phenoxy) is 1. The molecule has 0 aromatic rings. The Morgan fingerprint density at radius 3 is 2.83 bits per heavy atom. The predicted molar refractivity (Wildman–Crippen MR) is 71.2 cm³/mol. The third-order valence-electron chi connectivity index (χ3n) is 3.75. The van der Waals surface area contributed by atoms with Crippen molar-refractivity contribution in [2.24, 2.45) is 11.8 Å². The van der Waals surface area contributed by atoms with E-state index in [9.17, 15) is 4.79 Å². The molecule has 0 aromatic heterocycles. The lowest BCUT2D eigenvalue weighted by Crippen LogP contribution is -2.37. The molecule has 0 spiro atoms. The zero-order chi connectivity index (χ0) is 13.4. The maximum absolute atomic E-state index is 12.1. The molecule has 1 aliphatic rings. The number of aliphatic hydroxyl groups is 1. The largest absolute Gasteiger partial charge is 0.396 e. The molecule has 18 heavy (non-hydrogen) atoms. The second-order valence-electron chi connectivity index (χ2n) is 5.12. The summed E-state index contributed by atoms with van der Waals surface area (Å²) in [6.07, 6.45) is 4.74. The van der Waals surface area contributed by atoms with Gasteiger partial charge >= 0.3 is 0 Å². The van der Waals surface area contributed by atoms with Gasteiger partial charge in [-0.25, -0.2) is 0 Å². The highest BCUT2D eigenvalue weighted by atomic mass is 16.5. The van der Waals surface area contributed by atoms with Crippen molar-refractivity contribution in [3.63, 3.8) is 0 Å². The molecule has 4 nitrogen and oxygen atoms in total.